The van der Waals surface area contributed by atoms with Gasteiger partial charge in [-0.15, -0.1) is 12.6 Å². The van der Waals surface area contributed by atoms with E-state index in [0.29, 0.717) is 9.92 Å². The maximum atomic E-state index is 11.0. The molecule has 13 heavy (non-hydrogen) atoms. The molecule has 70 valence electrons. The quantitative estimate of drug-likeness (QED) is 0.646. The maximum Gasteiger partial charge on any atom is 0.147 e. The van der Waals surface area contributed by atoms with Crippen molar-refractivity contribution in [1.82, 2.24) is 0 Å². The van der Waals surface area contributed by atoms with Gasteiger partial charge >= 0.3 is 0 Å². The summed E-state index contributed by atoms with van der Waals surface area (Å²) in [7, 11) is 0. The summed E-state index contributed by atoms with van der Waals surface area (Å²) in [6, 6.07) is 5.32. The number of carbonyl (C=O) groups is 1. The van der Waals surface area contributed by atoms with E-state index in [1.165, 1.54) is 6.92 Å². The van der Waals surface area contributed by atoms with E-state index in [2.05, 4.69) is 28.6 Å². The van der Waals surface area contributed by atoms with E-state index in [1.807, 2.05) is 6.07 Å². The van der Waals surface area contributed by atoms with E-state index in [-0.39, 0.29) is 10.6 Å². The summed E-state index contributed by atoms with van der Waals surface area (Å²) in [5.41, 5.74) is 0.877. The third-order valence-electron chi connectivity index (χ3n) is 1.62. The molecule has 1 aromatic rings. The average molecular weight is 280 g/mol. The van der Waals surface area contributed by atoms with Crippen LogP contribution >= 0.6 is 40.2 Å². The van der Waals surface area contributed by atoms with Crippen LogP contribution < -0.4 is 0 Å². The number of rotatable bonds is 2. The molecule has 1 aromatic carbocycles. The third kappa shape index (κ3) is 2.73. The van der Waals surface area contributed by atoms with E-state index >= 15 is 0 Å². The second-order valence-electron chi connectivity index (χ2n) is 2.68. The largest absolute Gasteiger partial charge is 0.298 e. The molecule has 0 saturated carbocycles. The lowest BCUT2D eigenvalue weighted by Gasteiger charge is -2.07. The van der Waals surface area contributed by atoms with Crippen LogP contribution in [-0.4, -0.2) is 5.78 Å². The first-order valence-corrected chi connectivity index (χ1v) is 5.39. The number of alkyl halides is 1. The van der Waals surface area contributed by atoms with Gasteiger partial charge in [0.15, 0.2) is 0 Å². The minimum absolute atomic E-state index is 0.0649. The van der Waals surface area contributed by atoms with Gasteiger partial charge in [-0.05, 0) is 24.6 Å². The number of hydrogen-bond donors (Lipinski definition) is 1. The molecule has 1 unspecified atom stereocenters. The lowest BCUT2D eigenvalue weighted by molar-refractivity contribution is -0.116. The molecular weight excluding hydrogens is 272 g/mol. The second-order valence-corrected chi connectivity index (χ2v) is 4.49. The highest BCUT2D eigenvalue weighted by atomic mass is 79.9. The number of halogens is 2. The molecule has 0 N–H and O–H groups in total. The molecule has 0 radical (unpaired) electrons. The van der Waals surface area contributed by atoms with Crippen molar-refractivity contribution in [1.29, 1.82) is 0 Å². The van der Waals surface area contributed by atoms with E-state index in [1.54, 1.807) is 12.1 Å². The van der Waals surface area contributed by atoms with Crippen LogP contribution in [0.25, 0.3) is 0 Å². The summed E-state index contributed by atoms with van der Waals surface area (Å²) in [6.45, 7) is 1.53. The Bertz CT molecular complexity index is 340. The van der Waals surface area contributed by atoms with Gasteiger partial charge in [-0.1, -0.05) is 33.6 Å². The van der Waals surface area contributed by atoms with E-state index in [0.717, 1.165) is 5.56 Å². The fourth-order valence-corrected chi connectivity index (χ4v) is 1.55. The maximum absolute atomic E-state index is 11.0. The zero-order valence-corrected chi connectivity index (χ0v) is 10.2. The highest BCUT2D eigenvalue weighted by molar-refractivity contribution is 9.09. The van der Waals surface area contributed by atoms with Gasteiger partial charge in [0.05, 0.1) is 9.85 Å². The Labute approximate surface area is 96.0 Å². The number of ketones is 1. The average Bonchev–Trinajstić information content (AvgIpc) is 2.08. The molecule has 0 saturated heterocycles. The first-order valence-electron chi connectivity index (χ1n) is 3.65. The normalized spacial score (nSPS) is 12.6. The summed E-state index contributed by atoms with van der Waals surface area (Å²) < 4.78 is 0. The Balaban J connectivity index is 3.03. The van der Waals surface area contributed by atoms with E-state index in [9.17, 15) is 4.79 Å². The molecule has 0 aliphatic rings. The van der Waals surface area contributed by atoms with Crippen LogP contribution in [0.3, 0.4) is 0 Å². The molecule has 4 heteroatoms. The third-order valence-corrected chi connectivity index (χ3v) is 3.62. The molecule has 0 heterocycles. The van der Waals surface area contributed by atoms with Gasteiger partial charge < -0.3 is 0 Å². The Morgan fingerprint density at radius 1 is 1.62 bits per heavy atom. The van der Waals surface area contributed by atoms with Gasteiger partial charge in [-0.25, -0.2) is 0 Å². The van der Waals surface area contributed by atoms with Crippen molar-refractivity contribution >= 4 is 45.9 Å². The molecule has 0 aliphatic heterocycles. The molecule has 0 spiro atoms. The van der Waals surface area contributed by atoms with Gasteiger partial charge in [0.1, 0.15) is 5.78 Å². The smallest absolute Gasteiger partial charge is 0.147 e. The molecule has 1 rings (SSSR count). The fourth-order valence-electron chi connectivity index (χ4n) is 0.922. The number of benzene rings is 1. The SMILES string of the molecule is CC(=O)C(Br)c1ccc(Cl)c(S)c1. The molecule has 0 aliphatic carbocycles. The molecule has 1 atom stereocenters. The molecule has 0 aromatic heterocycles. The number of Topliss-reactive ketones (excluding diaryl/α,β-unsaturated/α-hetero) is 1. The molecule has 0 amide bonds. The predicted octanol–water partition coefficient (Wildman–Crippen LogP) is 3.65. The number of hydrogen-bond acceptors (Lipinski definition) is 2. The van der Waals surface area contributed by atoms with Crippen molar-refractivity contribution in [3.05, 3.63) is 28.8 Å². The van der Waals surface area contributed by atoms with Gasteiger partial charge in [0.25, 0.3) is 0 Å². The van der Waals surface area contributed by atoms with Gasteiger partial charge in [-0.3, -0.25) is 4.79 Å². The van der Waals surface area contributed by atoms with Crippen molar-refractivity contribution in [2.24, 2.45) is 0 Å². The van der Waals surface area contributed by atoms with Gasteiger partial charge in [0.2, 0.25) is 0 Å². The summed E-state index contributed by atoms with van der Waals surface area (Å²) in [4.78, 5) is 11.5. The minimum Gasteiger partial charge on any atom is -0.298 e. The summed E-state index contributed by atoms with van der Waals surface area (Å²) in [6.07, 6.45) is 0. The Morgan fingerprint density at radius 3 is 2.69 bits per heavy atom. The van der Waals surface area contributed by atoms with Crippen LogP contribution in [-0.2, 0) is 4.79 Å². The lowest BCUT2D eigenvalue weighted by atomic mass is 10.1. The molecule has 0 fully saturated rings. The van der Waals surface area contributed by atoms with Gasteiger partial charge in [0, 0.05) is 4.90 Å². The van der Waals surface area contributed by atoms with Crippen LogP contribution in [0.1, 0.15) is 17.3 Å². The van der Waals surface area contributed by atoms with Crippen molar-refractivity contribution in [2.75, 3.05) is 0 Å². The van der Waals surface area contributed by atoms with Gasteiger partial charge in [-0.2, -0.15) is 0 Å². The Hall–Kier alpha value is 0.01000. The molecular formula is C9H8BrClOS. The Kier molecular flexibility index (Phi) is 3.83. The van der Waals surface area contributed by atoms with Crippen molar-refractivity contribution in [2.45, 2.75) is 16.6 Å². The molecule has 0 bridgehead atoms. The summed E-state index contributed by atoms with van der Waals surface area (Å²) in [5, 5.41) is 0.593. The standard InChI is InChI=1S/C9H8BrClOS/c1-5(12)9(10)6-2-3-7(11)8(13)4-6/h2-4,9,13H,1H3. The van der Waals surface area contributed by atoms with Crippen molar-refractivity contribution in [3.63, 3.8) is 0 Å². The Morgan fingerprint density at radius 2 is 2.23 bits per heavy atom. The zero-order valence-electron chi connectivity index (χ0n) is 6.92. The van der Waals surface area contributed by atoms with Crippen LogP contribution in [0.15, 0.2) is 23.1 Å². The van der Waals surface area contributed by atoms with E-state index < -0.39 is 0 Å². The summed E-state index contributed by atoms with van der Waals surface area (Å²) in [5.74, 6) is 0.0649. The first-order chi connectivity index (χ1) is 6.02. The zero-order chi connectivity index (χ0) is 10.0. The first kappa shape index (κ1) is 11.1. The lowest BCUT2D eigenvalue weighted by Crippen LogP contribution is -2.00. The number of thiol groups is 1. The predicted molar refractivity (Wildman–Crippen MR) is 61.1 cm³/mol. The van der Waals surface area contributed by atoms with Crippen LogP contribution in [0.4, 0.5) is 0 Å². The van der Waals surface area contributed by atoms with Crippen LogP contribution in [0.5, 0.6) is 0 Å². The van der Waals surface area contributed by atoms with Crippen molar-refractivity contribution < 1.29 is 4.79 Å². The summed E-state index contributed by atoms with van der Waals surface area (Å²) >= 11 is 13.2. The highest BCUT2D eigenvalue weighted by Gasteiger charge is 2.12. The monoisotopic (exact) mass is 278 g/mol. The second kappa shape index (κ2) is 4.49. The number of carbonyl (C=O) groups excluding carboxylic acids is 1. The topological polar surface area (TPSA) is 17.1 Å². The highest BCUT2D eigenvalue weighted by Crippen LogP contribution is 2.28. The van der Waals surface area contributed by atoms with Crippen molar-refractivity contribution in [3.8, 4) is 0 Å². The minimum atomic E-state index is -0.268. The van der Waals surface area contributed by atoms with E-state index in [4.69, 9.17) is 11.6 Å². The molecule has 1 nitrogen and oxygen atoms in total. The van der Waals surface area contributed by atoms with Crippen LogP contribution in [0.2, 0.25) is 5.02 Å². The van der Waals surface area contributed by atoms with Crippen LogP contribution in [0, 0.1) is 0 Å². The fraction of sp³-hybridized carbons (Fsp3) is 0.222.